The van der Waals surface area contributed by atoms with Crippen LogP contribution in [0.4, 0.5) is 4.79 Å². The SMILES string of the molecule is CC(C)NC(=O)NCCc1ccc2cc[nH]c2c1. The Hall–Kier alpha value is -1.97. The maximum absolute atomic E-state index is 11.4. The molecule has 2 amide bonds. The van der Waals surface area contributed by atoms with Crippen molar-refractivity contribution in [1.82, 2.24) is 15.6 Å². The van der Waals surface area contributed by atoms with Gasteiger partial charge in [-0.1, -0.05) is 12.1 Å². The Bertz CT molecular complexity index is 531. The first-order valence-electron chi connectivity index (χ1n) is 6.25. The number of nitrogens with one attached hydrogen (secondary N) is 3. The van der Waals surface area contributed by atoms with Crippen molar-refractivity contribution in [3.8, 4) is 0 Å². The molecule has 1 aromatic carbocycles. The molecule has 2 rings (SSSR count). The zero-order valence-corrected chi connectivity index (χ0v) is 10.8. The van der Waals surface area contributed by atoms with Crippen molar-refractivity contribution in [3.63, 3.8) is 0 Å². The quantitative estimate of drug-likeness (QED) is 0.761. The van der Waals surface area contributed by atoms with Crippen molar-refractivity contribution in [1.29, 1.82) is 0 Å². The van der Waals surface area contributed by atoms with E-state index in [1.165, 1.54) is 10.9 Å². The number of benzene rings is 1. The van der Waals surface area contributed by atoms with E-state index in [0.717, 1.165) is 11.9 Å². The minimum Gasteiger partial charge on any atom is -0.361 e. The molecule has 1 aromatic heterocycles. The average Bonchev–Trinajstić information content (AvgIpc) is 2.75. The lowest BCUT2D eigenvalue weighted by Gasteiger charge is -2.10. The molecule has 18 heavy (non-hydrogen) atoms. The molecule has 4 nitrogen and oxygen atoms in total. The number of amides is 2. The highest BCUT2D eigenvalue weighted by molar-refractivity contribution is 5.79. The lowest BCUT2D eigenvalue weighted by Crippen LogP contribution is -2.40. The predicted octanol–water partition coefficient (Wildman–Crippen LogP) is 2.42. The highest BCUT2D eigenvalue weighted by Crippen LogP contribution is 2.14. The summed E-state index contributed by atoms with van der Waals surface area (Å²) in [6, 6.07) is 8.42. The summed E-state index contributed by atoms with van der Waals surface area (Å²) in [5.41, 5.74) is 2.36. The fourth-order valence-corrected chi connectivity index (χ4v) is 1.88. The number of hydrogen-bond acceptors (Lipinski definition) is 1. The molecular formula is C14H19N3O. The van der Waals surface area contributed by atoms with Gasteiger partial charge in [-0.3, -0.25) is 0 Å². The van der Waals surface area contributed by atoms with Crippen molar-refractivity contribution in [2.24, 2.45) is 0 Å². The van der Waals surface area contributed by atoms with Gasteiger partial charge >= 0.3 is 6.03 Å². The first-order chi connectivity index (χ1) is 8.65. The van der Waals surface area contributed by atoms with Crippen molar-refractivity contribution >= 4 is 16.9 Å². The number of fused-ring (bicyclic) bond motifs is 1. The summed E-state index contributed by atoms with van der Waals surface area (Å²) in [5.74, 6) is 0. The number of carbonyl (C=O) groups is 1. The molecule has 0 aliphatic rings. The van der Waals surface area contributed by atoms with Crippen LogP contribution < -0.4 is 10.6 Å². The number of H-pyrrole nitrogens is 1. The van der Waals surface area contributed by atoms with Gasteiger partial charge in [0.1, 0.15) is 0 Å². The van der Waals surface area contributed by atoms with Crippen LogP contribution in [0.25, 0.3) is 10.9 Å². The molecular weight excluding hydrogens is 226 g/mol. The Morgan fingerprint density at radius 3 is 2.94 bits per heavy atom. The van der Waals surface area contributed by atoms with Crippen molar-refractivity contribution in [2.75, 3.05) is 6.54 Å². The van der Waals surface area contributed by atoms with Gasteiger partial charge in [0, 0.05) is 24.3 Å². The fraction of sp³-hybridized carbons (Fsp3) is 0.357. The first kappa shape index (κ1) is 12.5. The zero-order valence-electron chi connectivity index (χ0n) is 10.8. The summed E-state index contributed by atoms with van der Waals surface area (Å²) in [6.07, 6.45) is 2.77. The first-order valence-corrected chi connectivity index (χ1v) is 6.25. The third-order valence-corrected chi connectivity index (χ3v) is 2.74. The molecule has 0 saturated heterocycles. The molecule has 96 valence electrons. The van der Waals surface area contributed by atoms with Crippen LogP contribution in [-0.4, -0.2) is 23.6 Å². The maximum Gasteiger partial charge on any atom is 0.314 e. The van der Waals surface area contributed by atoms with E-state index in [2.05, 4.69) is 33.8 Å². The van der Waals surface area contributed by atoms with Crippen LogP contribution in [0.1, 0.15) is 19.4 Å². The van der Waals surface area contributed by atoms with Crippen LogP contribution in [0.2, 0.25) is 0 Å². The Morgan fingerprint density at radius 1 is 1.33 bits per heavy atom. The number of carbonyl (C=O) groups excluding carboxylic acids is 1. The number of urea groups is 1. The average molecular weight is 245 g/mol. The highest BCUT2D eigenvalue weighted by Gasteiger charge is 2.02. The van der Waals surface area contributed by atoms with Crippen molar-refractivity contribution in [2.45, 2.75) is 26.3 Å². The van der Waals surface area contributed by atoms with Gasteiger partial charge < -0.3 is 15.6 Å². The zero-order chi connectivity index (χ0) is 13.0. The minimum absolute atomic E-state index is 0.106. The van der Waals surface area contributed by atoms with Crippen LogP contribution in [-0.2, 0) is 6.42 Å². The summed E-state index contributed by atoms with van der Waals surface area (Å²) in [4.78, 5) is 14.6. The topological polar surface area (TPSA) is 56.9 Å². The molecule has 2 aromatic rings. The van der Waals surface area contributed by atoms with E-state index in [1.54, 1.807) is 0 Å². The monoisotopic (exact) mass is 245 g/mol. The largest absolute Gasteiger partial charge is 0.361 e. The van der Waals surface area contributed by atoms with Gasteiger partial charge in [-0.2, -0.15) is 0 Å². The van der Waals surface area contributed by atoms with Crippen LogP contribution in [0.15, 0.2) is 30.5 Å². The molecule has 4 heteroatoms. The lowest BCUT2D eigenvalue weighted by atomic mass is 10.1. The molecule has 0 saturated carbocycles. The molecule has 0 aliphatic heterocycles. The molecule has 0 fully saturated rings. The molecule has 0 bridgehead atoms. The van der Waals surface area contributed by atoms with Crippen molar-refractivity contribution in [3.05, 3.63) is 36.0 Å². The Kier molecular flexibility index (Phi) is 3.87. The van der Waals surface area contributed by atoms with Gasteiger partial charge in [-0.15, -0.1) is 0 Å². The molecule has 0 atom stereocenters. The minimum atomic E-state index is -0.106. The van der Waals surface area contributed by atoms with Crippen LogP contribution >= 0.6 is 0 Å². The molecule has 3 N–H and O–H groups in total. The van der Waals surface area contributed by atoms with Crippen molar-refractivity contribution < 1.29 is 4.79 Å². The molecule has 0 unspecified atom stereocenters. The lowest BCUT2D eigenvalue weighted by molar-refractivity contribution is 0.238. The second-order valence-electron chi connectivity index (χ2n) is 4.70. The molecule has 0 radical (unpaired) electrons. The predicted molar refractivity (Wildman–Crippen MR) is 73.7 cm³/mol. The maximum atomic E-state index is 11.4. The van der Waals surface area contributed by atoms with E-state index in [0.29, 0.717) is 6.54 Å². The van der Waals surface area contributed by atoms with Gasteiger partial charge in [0.25, 0.3) is 0 Å². The summed E-state index contributed by atoms with van der Waals surface area (Å²) in [7, 11) is 0. The highest BCUT2D eigenvalue weighted by atomic mass is 16.2. The number of aromatic nitrogens is 1. The second kappa shape index (κ2) is 5.58. The fourth-order valence-electron chi connectivity index (χ4n) is 1.88. The summed E-state index contributed by atoms with van der Waals surface area (Å²) >= 11 is 0. The molecule has 1 heterocycles. The summed E-state index contributed by atoms with van der Waals surface area (Å²) in [5, 5.41) is 6.85. The normalized spacial score (nSPS) is 10.8. The van der Waals surface area contributed by atoms with E-state index in [9.17, 15) is 4.79 Å². The van der Waals surface area contributed by atoms with E-state index < -0.39 is 0 Å². The van der Waals surface area contributed by atoms with Crippen LogP contribution in [0, 0.1) is 0 Å². The Balaban J connectivity index is 1.84. The van der Waals surface area contributed by atoms with Gasteiger partial charge in [0.15, 0.2) is 0 Å². The second-order valence-corrected chi connectivity index (χ2v) is 4.70. The number of rotatable bonds is 4. The van der Waals surface area contributed by atoms with Crippen LogP contribution in [0.5, 0.6) is 0 Å². The van der Waals surface area contributed by atoms with Gasteiger partial charge in [-0.05, 0) is 43.4 Å². The summed E-state index contributed by atoms with van der Waals surface area (Å²) in [6.45, 7) is 4.53. The third kappa shape index (κ3) is 3.26. The van der Waals surface area contributed by atoms with E-state index in [-0.39, 0.29) is 12.1 Å². The third-order valence-electron chi connectivity index (χ3n) is 2.74. The molecule has 0 aliphatic carbocycles. The molecule has 0 spiro atoms. The van der Waals surface area contributed by atoms with Gasteiger partial charge in [0.05, 0.1) is 0 Å². The number of hydrogen-bond donors (Lipinski definition) is 3. The summed E-state index contributed by atoms with van der Waals surface area (Å²) < 4.78 is 0. The van der Waals surface area contributed by atoms with E-state index >= 15 is 0 Å². The smallest absolute Gasteiger partial charge is 0.314 e. The van der Waals surface area contributed by atoms with Gasteiger partial charge in [0.2, 0.25) is 0 Å². The Labute approximate surface area is 107 Å². The van der Waals surface area contributed by atoms with E-state index in [1.807, 2.05) is 26.1 Å². The van der Waals surface area contributed by atoms with Gasteiger partial charge in [-0.25, -0.2) is 4.79 Å². The number of aromatic amines is 1. The van der Waals surface area contributed by atoms with Crippen LogP contribution in [0.3, 0.4) is 0 Å². The van der Waals surface area contributed by atoms with E-state index in [4.69, 9.17) is 0 Å². The Morgan fingerprint density at radius 2 is 2.17 bits per heavy atom. The standard InChI is InChI=1S/C14H19N3O/c1-10(2)17-14(18)16-7-5-11-3-4-12-6-8-15-13(12)9-11/h3-4,6,8-10,15H,5,7H2,1-2H3,(H2,16,17,18).